The Kier molecular flexibility index (Phi) is 6.49. The second kappa shape index (κ2) is 9.03. The molecule has 1 aromatic heterocycles. The van der Waals surface area contributed by atoms with Gasteiger partial charge in [0.25, 0.3) is 5.91 Å². The summed E-state index contributed by atoms with van der Waals surface area (Å²) in [6, 6.07) is 14.8. The fourth-order valence-electron chi connectivity index (χ4n) is 2.25. The molecule has 9 heteroatoms. The number of hydrazone groups is 1. The van der Waals surface area contributed by atoms with Crippen LogP contribution in [0.2, 0.25) is 10.0 Å². The highest BCUT2D eigenvalue weighted by Gasteiger charge is 2.12. The third-order valence-corrected chi connectivity index (χ3v) is 4.99. The van der Waals surface area contributed by atoms with Crippen molar-refractivity contribution in [3.63, 3.8) is 0 Å². The molecule has 138 valence electrons. The number of nitrogens with one attached hydrogen (secondary N) is 1. The fraction of sp³-hybridized carbons (Fsp3) is 0.111. The van der Waals surface area contributed by atoms with Crippen LogP contribution in [0.1, 0.15) is 11.4 Å². The molecule has 0 atom stereocenters. The van der Waals surface area contributed by atoms with Gasteiger partial charge in [0.1, 0.15) is 5.82 Å². The summed E-state index contributed by atoms with van der Waals surface area (Å²) in [5.74, 6) is 0.637. The van der Waals surface area contributed by atoms with Crippen molar-refractivity contribution < 1.29 is 4.79 Å². The quantitative estimate of drug-likeness (QED) is 0.370. The van der Waals surface area contributed by atoms with Gasteiger partial charge in [0.05, 0.1) is 17.0 Å². The highest BCUT2D eigenvalue weighted by Crippen LogP contribution is 2.21. The SMILES string of the molecule is Cc1nnc(SCC(=O)N/N=C/c2ccc(Cl)cc2Cl)n1-c1ccccc1. The zero-order valence-electron chi connectivity index (χ0n) is 14.3. The third-order valence-electron chi connectivity index (χ3n) is 3.50. The minimum Gasteiger partial charge on any atom is -0.274 e. The number of hydrogen-bond acceptors (Lipinski definition) is 5. The summed E-state index contributed by atoms with van der Waals surface area (Å²) in [7, 11) is 0. The lowest BCUT2D eigenvalue weighted by Gasteiger charge is -2.07. The Morgan fingerprint density at radius 1 is 1.22 bits per heavy atom. The van der Waals surface area contributed by atoms with Crippen molar-refractivity contribution in [2.75, 3.05) is 5.75 Å². The van der Waals surface area contributed by atoms with Gasteiger partial charge in [0.2, 0.25) is 0 Å². The number of aryl methyl sites for hydroxylation is 1. The maximum atomic E-state index is 12.0. The summed E-state index contributed by atoms with van der Waals surface area (Å²) in [6.45, 7) is 1.87. The number of nitrogens with zero attached hydrogens (tertiary/aromatic N) is 4. The Balaban J connectivity index is 1.59. The van der Waals surface area contributed by atoms with Crippen LogP contribution in [0, 0.1) is 6.92 Å². The van der Waals surface area contributed by atoms with Crippen molar-refractivity contribution >= 4 is 47.1 Å². The summed E-state index contributed by atoms with van der Waals surface area (Å²) >= 11 is 13.2. The molecule has 0 radical (unpaired) electrons. The van der Waals surface area contributed by atoms with Crippen molar-refractivity contribution in [2.45, 2.75) is 12.1 Å². The number of hydrogen-bond donors (Lipinski definition) is 1. The molecule has 0 spiro atoms. The fourth-order valence-corrected chi connectivity index (χ4v) is 3.50. The molecule has 0 unspecified atom stereocenters. The standard InChI is InChI=1S/C18H15Cl2N5OS/c1-12-22-24-18(25(12)15-5-3-2-4-6-15)27-11-17(26)23-21-10-13-7-8-14(19)9-16(13)20/h2-10H,11H2,1H3,(H,23,26)/b21-10+. The first kappa shape index (κ1) is 19.4. The molecule has 2 aromatic carbocycles. The number of amides is 1. The van der Waals surface area contributed by atoms with Crippen LogP contribution in [0.4, 0.5) is 0 Å². The Labute approximate surface area is 170 Å². The van der Waals surface area contributed by atoms with E-state index < -0.39 is 0 Å². The van der Waals surface area contributed by atoms with E-state index in [1.807, 2.05) is 41.8 Å². The molecule has 0 saturated heterocycles. The van der Waals surface area contributed by atoms with Gasteiger partial charge in [-0.2, -0.15) is 5.10 Å². The molecule has 1 N–H and O–H groups in total. The lowest BCUT2D eigenvalue weighted by Crippen LogP contribution is -2.20. The van der Waals surface area contributed by atoms with Gasteiger partial charge in [0, 0.05) is 16.3 Å². The van der Waals surface area contributed by atoms with Crippen molar-refractivity contribution in [3.05, 3.63) is 70.0 Å². The van der Waals surface area contributed by atoms with E-state index in [1.165, 1.54) is 18.0 Å². The molecule has 1 amide bonds. The van der Waals surface area contributed by atoms with Gasteiger partial charge in [-0.1, -0.05) is 59.2 Å². The van der Waals surface area contributed by atoms with E-state index in [0.717, 1.165) is 11.5 Å². The number of halogens is 2. The highest BCUT2D eigenvalue weighted by molar-refractivity contribution is 7.99. The average molecular weight is 420 g/mol. The number of rotatable bonds is 6. The van der Waals surface area contributed by atoms with E-state index in [9.17, 15) is 4.79 Å². The van der Waals surface area contributed by atoms with E-state index in [1.54, 1.807) is 18.2 Å². The molecule has 27 heavy (non-hydrogen) atoms. The van der Waals surface area contributed by atoms with Gasteiger partial charge in [-0.15, -0.1) is 10.2 Å². The van der Waals surface area contributed by atoms with Crippen LogP contribution >= 0.6 is 35.0 Å². The molecular weight excluding hydrogens is 405 g/mol. The minimum absolute atomic E-state index is 0.149. The molecule has 0 aliphatic rings. The number of carbonyl (C=O) groups is 1. The van der Waals surface area contributed by atoms with Crippen LogP contribution in [0.5, 0.6) is 0 Å². The van der Waals surface area contributed by atoms with Crippen LogP contribution in [0.15, 0.2) is 58.8 Å². The average Bonchev–Trinajstić information content (AvgIpc) is 3.03. The Hall–Kier alpha value is -2.35. The summed E-state index contributed by atoms with van der Waals surface area (Å²) < 4.78 is 1.90. The molecule has 1 heterocycles. The van der Waals surface area contributed by atoms with Gasteiger partial charge >= 0.3 is 0 Å². The predicted molar refractivity (Wildman–Crippen MR) is 109 cm³/mol. The van der Waals surface area contributed by atoms with Crippen LogP contribution in [-0.2, 0) is 4.79 Å². The van der Waals surface area contributed by atoms with E-state index in [4.69, 9.17) is 23.2 Å². The first-order chi connectivity index (χ1) is 13.0. The maximum absolute atomic E-state index is 12.0. The number of benzene rings is 2. The van der Waals surface area contributed by atoms with Crippen molar-refractivity contribution in [1.29, 1.82) is 0 Å². The minimum atomic E-state index is -0.262. The molecule has 0 bridgehead atoms. The second-order valence-electron chi connectivity index (χ2n) is 5.45. The van der Waals surface area contributed by atoms with Crippen molar-refractivity contribution in [3.8, 4) is 5.69 Å². The summed E-state index contributed by atoms with van der Waals surface area (Å²) in [4.78, 5) is 12.0. The second-order valence-corrected chi connectivity index (χ2v) is 7.23. The van der Waals surface area contributed by atoms with Crippen LogP contribution in [0.25, 0.3) is 5.69 Å². The molecule has 0 aliphatic carbocycles. The van der Waals surface area contributed by atoms with Gasteiger partial charge in [-0.05, 0) is 31.2 Å². The Bertz CT molecular complexity index is 975. The van der Waals surface area contributed by atoms with Crippen LogP contribution in [-0.4, -0.2) is 32.6 Å². The van der Waals surface area contributed by atoms with Gasteiger partial charge in [-0.3, -0.25) is 9.36 Å². The van der Waals surface area contributed by atoms with Gasteiger partial charge in [-0.25, -0.2) is 5.43 Å². The zero-order valence-corrected chi connectivity index (χ0v) is 16.6. The molecule has 3 rings (SSSR count). The molecule has 0 saturated carbocycles. The first-order valence-corrected chi connectivity index (χ1v) is 9.66. The lowest BCUT2D eigenvalue weighted by molar-refractivity contribution is -0.118. The topological polar surface area (TPSA) is 72.2 Å². The number of para-hydroxylation sites is 1. The highest BCUT2D eigenvalue weighted by atomic mass is 35.5. The normalized spacial score (nSPS) is 11.1. The van der Waals surface area contributed by atoms with E-state index >= 15 is 0 Å². The number of carbonyl (C=O) groups excluding carboxylic acids is 1. The lowest BCUT2D eigenvalue weighted by atomic mass is 10.2. The van der Waals surface area contributed by atoms with E-state index in [2.05, 4.69) is 20.7 Å². The Morgan fingerprint density at radius 2 is 2.00 bits per heavy atom. The zero-order chi connectivity index (χ0) is 19.2. The monoisotopic (exact) mass is 419 g/mol. The third kappa shape index (κ3) is 5.09. The summed E-state index contributed by atoms with van der Waals surface area (Å²) in [6.07, 6.45) is 1.47. The van der Waals surface area contributed by atoms with Gasteiger partial charge < -0.3 is 0 Å². The van der Waals surface area contributed by atoms with E-state index in [0.29, 0.717) is 20.8 Å². The van der Waals surface area contributed by atoms with Gasteiger partial charge in [0.15, 0.2) is 5.16 Å². The predicted octanol–water partition coefficient (Wildman–Crippen LogP) is 4.12. The molecule has 0 fully saturated rings. The summed E-state index contributed by atoms with van der Waals surface area (Å²) in [5, 5.41) is 13.8. The first-order valence-electron chi connectivity index (χ1n) is 7.92. The maximum Gasteiger partial charge on any atom is 0.250 e. The smallest absolute Gasteiger partial charge is 0.250 e. The molecule has 6 nitrogen and oxygen atoms in total. The largest absolute Gasteiger partial charge is 0.274 e. The van der Waals surface area contributed by atoms with Crippen molar-refractivity contribution in [2.24, 2.45) is 5.10 Å². The van der Waals surface area contributed by atoms with Crippen LogP contribution < -0.4 is 5.43 Å². The van der Waals surface area contributed by atoms with E-state index in [-0.39, 0.29) is 11.7 Å². The molecule has 0 aliphatic heterocycles. The van der Waals surface area contributed by atoms with Crippen LogP contribution in [0.3, 0.4) is 0 Å². The molecular formula is C18H15Cl2N5OS. The summed E-state index contributed by atoms with van der Waals surface area (Å²) in [5.41, 5.74) is 4.07. The molecule has 3 aromatic rings. The number of thioether (sulfide) groups is 1. The Morgan fingerprint density at radius 3 is 2.74 bits per heavy atom. The van der Waals surface area contributed by atoms with Crippen molar-refractivity contribution in [1.82, 2.24) is 20.2 Å². The number of aromatic nitrogens is 3.